The second-order valence-electron chi connectivity index (χ2n) is 5.31. The molecule has 0 aromatic heterocycles. The first kappa shape index (κ1) is 32.1. The lowest BCUT2D eigenvalue weighted by atomic mass is 10.1. The number of isothiocyanates is 1. The number of nitrogens with zero attached hydrogens (tertiary/aromatic N) is 1. The van der Waals surface area contributed by atoms with Crippen LogP contribution in [-0.2, 0) is 0 Å². The van der Waals surface area contributed by atoms with Gasteiger partial charge in [0.15, 0.2) is 5.78 Å². The second-order valence-corrected chi connectivity index (χ2v) is 6.01. The molecule has 0 spiro atoms. The summed E-state index contributed by atoms with van der Waals surface area (Å²) in [6, 6.07) is 14.5. The predicted molar refractivity (Wildman–Crippen MR) is 135 cm³/mol. The lowest BCUT2D eigenvalue weighted by molar-refractivity contribution is 0.0994. The van der Waals surface area contributed by atoms with Crippen LogP contribution in [0.3, 0.4) is 0 Å². The number of nitrogens with two attached hydrogens (primary N) is 1. The number of carbonyl (C=O) groups is 2. The van der Waals surface area contributed by atoms with E-state index in [1.165, 1.54) is 0 Å². The van der Waals surface area contributed by atoms with E-state index in [-0.39, 0.29) is 29.3 Å². The number of aliphatic imine (C=N–C) groups is 1. The van der Waals surface area contributed by atoms with Crippen molar-refractivity contribution < 1.29 is 9.59 Å². The summed E-state index contributed by atoms with van der Waals surface area (Å²) in [6.45, 7) is 11.9. The Morgan fingerprint density at radius 1 is 0.867 bits per heavy atom. The Balaban J connectivity index is -0.000000406. The zero-order valence-corrected chi connectivity index (χ0v) is 20.3. The minimum Gasteiger partial charge on any atom is -0.393 e. The monoisotopic (exact) mass is 447 g/mol. The molecule has 5 nitrogen and oxygen atoms in total. The van der Waals surface area contributed by atoms with Gasteiger partial charge in [0.2, 0.25) is 0 Å². The fourth-order valence-corrected chi connectivity index (χ4v) is 2.02. The maximum Gasteiger partial charge on any atom is 0.285 e. The molecule has 1 amide bonds. The number of ketones is 1. The summed E-state index contributed by atoms with van der Waals surface area (Å²) in [7, 11) is 0. The number of hydrogen-bond acceptors (Lipinski definition) is 5. The summed E-state index contributed by atoms with van der Waals surface area (Å²) in [5, 5.41) is 2.04. The molecule has 0 aliphatic carbocycles. The van der Waals surface area contributed by atoms with Crippen molar-refractivity contribution in [1.82, 2.24) is 6.15 Å². The summed E-state index contributed by atoms with van der Waals surface area (Å²) in [6.07, 6.45) is 0.151. The van der Waals surface area contributed by atoms with Gasteiger partial charge in [-0.15, -0.1) is 0 Å². The molecule has 0 radical (unpaired) electrons. The van der Waals surface area contributed by atoms with Gasteiger partial charge in [0, 0.05) is 11.1 Å². The molecule has 0 saturated heterocycles. The normalized spacial score (nSPS) is 8.07. The third kappa shape index (κ3) is 14.4. The topological polar surface area (TPSA) is 108 Å². The van der Waals surface area contributed by atoms with Crippen LogP contribution in [0, 0.1) is 13.8 Å². The minimum atomic E-state index is -0.343. The van der Waals surface area contributed by atoms with Gasteiger partial charge in [-0.1, -0.05) is 87.4 Å². The van der Waals surface area contributed by atoms with Crippen molar-refractivity contribution in [3.8, 4) is 0 Å². The van der Waals surface area contributed by atoms with Crippen LogP contribution >= 0.6 is 24.4 Å². The van der Waals surface area contributed by atoms with E-state index >= 15 is 0 Å². The smallest absolute Gasteiger partial charge is 0.285 e. The number of rotatable bonds is 4. The van der Waals surface area contributed by atoms with Gasteiger partial charge in [-0.3, -0.25) is 9.59 Å². The maximum absolute atomic E-state index is 11.4. The van der Waals surface area contributed by atoms with Crippen LogP contribution < -0.4 is 11.9 Å². The van der Waals surface area contributed by atoms with Gasteiger partial charge in [-0.05, 0) is 38.2 Å². The average molecular weight is 448 g/mol. The number of thiocarbonyl (C=S) groups is 2. The molecule has 2 rings (SSSR count). The fourth-order valence-electron chi connectivity index (χ4n) is 1.80. The molecule has 5 N–H and O–H groups in total. The summed E-state index contributed by atoms with van der Waals surface area (Å²) in [5.74, 6) is -0.363. The van der Waals surface area contributed by atoms with Crippen molar-refractivity contribution in [3.05, 3.63) is 70.8 Å². The van der Waals surface area contributed by atoms with Gasteiger partial charge in [0.25, 0.3) is 5.91 Å². The van der Waals surface area contributed by atoms with E-state index in [0.29, 0.717) is 11.1 Å². The van der Waals surface area contributed by atoms with E-state index in [1.54, 1.807) is 24.3 Å². The lowest BCUT2D eigenvalue weighted by Crippen LogP contribution is -2.14. The zero-order chi connectivity index (χ0) is 22.8. The molecule has 0 aliphatic rings. The Morgan fingerprint density at radius 2 is 1.23 bits per heavy atom. The molecule has 0 bridgehead atoms. The number of amides is 1. The van der Waals surface area contributed by atoms with E-state index in [1.807, 2.05) is 71.0 Å². The average Bonchev–Trinajstić information content (AvgIpc) is 2.72. The van der Waals surface area contributed by atoms with Crippen LogP contribution in [-0.4, -0.2) is 21.8 Å². The summed E-state index contributed by atoms with van der Waals surface area (Å²) < 4.78 is 0. The highest BCUT2D eigenvalue weighted by Crippen LogP contribution is 2.06. The number of hydrogen-bond donors (Lipinski definition) is 2. The van der Waals surface area contributed by atoms with E-state index < -0.39 is 0 Å². The molecule has 0 aliphatic heterocycles. The lowest BCUT2D eigenvalue weighted by Gasteiger charge is -1.99. The quantitative estimate of drug-likeness (QED) is 0.323. The SMILES string of the molecule is CC.CC.Cc1ccc(C(=O)CC(N)=S)cc1.Cc1ccc(C(=O)N=C=S)cc1.N. The minimum absolute atomic E-state index is 0. The highest BCUT2D eigenvalue weighted by Gasteiger charge is 2.05. The summed E-state index contributed by atoms with van der Waals surface area (Å²) in [5.41, 5.74) is 8.72. The van der Waals surface area contributed by atoms with Crippen LogP contribution in [0.15, 0.2) is 53.5 Å². The van der Waals surface area contributed by atoms with Gasteiger partial charge in [0.05, 0.1) is 16.6 Å². The molecule has 0 atom stereocenters. The van der Waals surface area contributed by atoms with E-state index in [0.717, 1.165) is 11.1 Å². The number of aryl methyl sites for hydroxylation is 2. The third-order valence-electron chi connectivity index (χ3n) is 3.15. The molecule has 0 saturated carbocycles. The van der Waals surface area contributed by atoms with Gasteiger partial charge in [0.1, 0.15) is 0 Å². The van der Waals surface area contributed by atoms with Gasteiger partial charge in [-0.25, -0.2) is 0 Å². The summed E-state index contributed by atoms with van der Waals surface area (Å²) in [4.78, 5) is 26.1. The zero-order valence-electron chi connectivity index (χ0n) is 18.7. The summed E-state index contributed by atoms with van der Waals surface area (Å²) >= 11 is 8.97. The van der Waals surface area contributed by atoms with Crippen LogP contribution in [0.5, 0.6) is 0 Å². The molecule has 164 valence electrons. The number of carbonyl (C=O) groups excluding carboxylic acids is 2. The molecule has 0 heterocycles. The van der Waals surface area contributed by atoms with E-state index in [9.17, 15) is 9.59 Å². The Labute approximate surface area is 191 Å². The first-order valence-corrected chi connectivity index (χ1v) is 10.2. The van der Waals surface area contributed by atoms with Crippen molar-refractivity contribution in [2.24, 2.45) is 10.7 Å². The highest BCUT2D eigenvalue weighted by atomic mass is 32.1. The van der Waals surface area contributed by atoms with Crippen molar-refractivity contribution in [2.75, 3.05) is 0 Å². The van der Waals surface area contributed by atoms with Gasteiger partial charge in [-0.2, -0.15) is 4.99 Å². The Kier molecular flexibility index (Phi) is 21.1. The molecule has 7 heteroatoms. The molecular weight excluding hydrogens is 414 g/mol. The maximum atomic E-state index is 11.4. The Morgan fingerprint density at radius 3 is 1.57 bits per heavy atom. The van der Waals surface area contributed by atoms with Crippen LogP contribution in [0.2, 0.25) is 0 Å². The third-order valence-corrected chi connectivity index (χ3v) is 3.39. The van der Waals surface area contributed by atoms with E-state index in [2.05, 4.69) is 29.4 Å². The molecular formula is C23H33N3O2S2. The van der Waals surface area contributed by atoms with Gasteiger partial charge < -0.3 is 11.9 Å². The van der Waals surface area contributed by atoms with Crippen LogP contribution in [0.25, 0.3) is 0 Å². The largest absolute Gasteiger partial charge is 0.393 e. The highest BCUT2D eigenvalue weighted by molar-refractivity contribution is 7.80. The van der Waals surface area contributed by atoms with Crippen molar-refractivity contribution in [1.29, 1.82) is 0 Å². The first-order valence-electron chi connectivity index (χ1n) is 9.40. The molecule has 30 heavy (non-hydrogen) atoms. The fraction of sp³-hybridized carbons (Fsp3) is 0.304. The van der Waals surface area contributed by atoms with Crippen molar-refractivity contribution in [2.45, 2.75) is 48.0 Å². The molecule has 2 aromatic rings. The van der Waals surface area contributed by atoms with Crippen molar-refractivity contribution >= 4 is 46.3 Å². The predicted octanol–water partition coefficient (Wildman–Crippen LogP) is 6.31. The van der Waals surface area contributed by atoms with E-state index in [4.69, 9.17) is 5.73 Å². The Hall–Kier alpha value is -2.57. The Bertz CT molecular complexity index is 811. The van der Waals surface area contributed by atoms with Crippen LogP contribution in [0.4, 0.5) is 0 Å². The second kappa shape index (κ2) is 19.7. The standard InChI is InChI=1S/C10H11NOS.C9H7NOS.2C2H6.H3N/c1-7-2-4-8(5-3-7)9(12)6-10(11)13;1-7-2-4-8(5-3-7)9(11)10-6-12;2*1-2;/h2-5H,6H2,1H3,(H2,11,13);2-5H,1H3;2*1-2H3;1H3. The molecule has 2 aromatic carbocycles. The van der Waals surface area contributed by atoms with Gasteiger partial charge >= 0.3 is 0 Å². The molecule has 0 fully saturated rings. The molecule has 0 unspecified atom stereocenters. The number of benzene rings is 2. The first-order chi connectivity index (χ1) is 13.8. The van der Waals surface area contributed by atoms with Crippen molar-refractivity contribution in [3.63, 3.8) is 0 Å². The van der Waals surface area contributed by atoms with Crippen LogP contribution in [0.1, 0.15) is 66.0 Å². The number of Topliss-reactive ketones (excluding diaryl/α,β-unsaturated/α-hetero) is 1.